The van der Waals surface area contributed by atoms with E-state index in [4.69, 9.17) is 0 Å². The smallest absolute Gasteiger partial charge is 0.251 e. The third-order valence-corrected chi connectivity index (χ3v) is 3.38. The third-order valence-electron chi connectivity index (χ3n) is 2.88. The Morgan fingerprint density at radius 1 is 1.10 bits per heavy atom. The molecular weight excluding hydrogens is 338 g/mol. The van der Waals surface area contributed by atoms with Crippen LogP contribution in [0.5, 0.6) is 0 Å². The van der Waals surface area contributed by atoms with Crippen LogP contribution in [0, 0.1) is 0 Å². The predicted molar refractivity (Wildman–Crippen MR) is 80.6 cm³/mol. The van der Waals surface area contributed by atoms with E-state index >= 15 is 0 Å². The highest BCUT2D eigenvalue weighted by molar-refractivity contribution is 9.10. The van der Waals surface area contributed by atoms with Gasteiger partial charge in [0.1, 0.15) is 0 Å². The molecule has 0 saturated heterocycles. The number of hydrogen-bond donors (Lipinski definition) is 3. The van der Waals surface area contributed by atoms with Gasteiger partial charge in [0.2, 0.25) is 11.8 Å². The summed E-state index contributed by atoms with van der Waals surface area (Å²) in [7, 11) is 0. The Kier molecular flexibility index (Phi) is 5.32. The van der Waals surface area contributed by atoms with Gasteiger partial charge in [0.25, 0.3) is 5.91 Å². The summed E-state index contributed by atoms with van der Waals surface area (Å²) in [5, 5.41) is 7.72. The van der Waals surface area contributed by atoms with E-state index in [0.29, 0.717) is 5.56 Å². The van der Waals surface area contributed by atoms with Crippen molar-refractivity contribution in [2.75, 3.05) is 13.1 Å². The highest BCUT2D eigenvalue weighted by Crippen LogP contribution is 2.18. The average Bonchev–Trinajstić information content (AvgIpc) is 3.26. The van der Waals surface area contributed by atoms with Crippen molar-refractivity contribution in [2.24, 2.45) is 0 Å². The first-order valence-corrected chi connectivity index (χ1v) is 7.44. The maximum absolute atomic E-state index is 11.8. The van der Waals surface area contributed by atoms with Crippen LogP contribution in [-0.4, -0.2) is 36.9 Å². The van der Waals surface area contributed by atoms with E-state index in [0.717, 1.165) is 17.3 Å². The molecule has 1 saturated carbocycles. The van der Waals surface area contributed by atoms with Gasteiger partial charge in [0.15, 0.2) is 0 Å². The maximum Gasteiger partial charge on any atom is 0.251 e. The fourth-order valence-corrected chi connectivity index (χ4v) is 2.04. The molecule has 0 aromatic heterocycles. The maximum atomic E-state index is 11.8. The van der Waals surface area contributed by atoms with E-state index in [1.165, 1.54) is 0 Å². The van der Waals surface area contributed by atoms with Crippen molar-refractivity contribution in [1.29, 1.82) is 0 Å². The van der Waals surface area contributed by atoms with Crippen LogP contribution >= 0.6 is 15.9 Å². The Balaban J connectivity index is 1.68. The number of amides is 3. The largest absolute Gasteiger partial charge is 0.352 e. The van der Waals surface area contributed by atoms with E-state index in [1.807, 2.05) is 6.07 Å². The van der Waals surface area contributed by atoms with Crippen molar-refractivity contribution >= 4 is 33.7 Å². The number of nitrogens with one attached hydrogen (secondary N) is 3. The number of hydrogen-bond acceptors (Lipinski definition) is 3. The molecule has 21 heavy (non-hydrogen) atoms. The molecule has 1 aliphatic rings. The molecule has 1 fully saturated rings. The molecule has 1 aromatic rings. The molecule has 0 aliphatic heterocycles. The first kappa shape index (κ1) is 15.5. The van der Waals surface area contributed by atoms with Crippen molar-refractivity contribution in [1.82, 2.24) is 16.0 Å². The second-order valence-corrected chi connectivity index (χ2v) is 5.73. The first-order chi connectivity index (χ1) is 10.0. The Morgan fingerprint density at radius 2 is 1.81 bits per heavy atom. The molecule has 3 amide bonds. The van der Waals surface area contributed by atoms with E-state index < -0.39 is 5.91 Å². The quantitative estimate of drug-likeness (QED) is 0.698. The van der Waals surface area contributed by atoms with E-state index in [-0.39, 0.29) is 30.9 Å². The summed E-state index contributed by atoms with van der Waals surface area (Å²) in [6.45, 7) is -0.232. The summed E-state index contributed by atoms with van der Waals surface area (Å²) in [6.07, 6.45) is 2.00. The Hall–Kier alpha value is -1.89. The standard InChI is InChI=1S/C14H16BrN3O3/c15-10-3-1-2-9(6-10)14(21)17-7-12(19)16-8-13(20)18-11-4-5-11/h1-3,6,11H,4-5,7-8H2,(H,16,19)(H,17,21)(H,18,20). The van der Waals surface area contributed by atoms with Crippen LogP contribution in [0.4, 0.5) is 0 Å². The van der Waals surface area contributed by atoms with E-state index in [9.17, 15) is 14.4 Å². The van der Waals surface area contributed by atoms with Crippen LogP contribution in [-0.2, 0) is 9.59 Å². The van der Waals surface area contributed by atoms with Crippen LogP contribution in [0.3, 0.4) is 0 Å². The summed E-state index contributed by atoms with van der Waals surface area (Å²) >= 11 is 3.27. The molecule has 3 N–H and O–H groups in total. The van der Waals surface area contributed by atoms with Gasteiger partial charge in [-0.05, 0) is 31.0 Å². The predicted octanol–water partition coefficient (Wildman–Crippen LogP) is 0.574. The van der Waals surface area contributed by atoms with Crippen molar-refractivity contribution in [3.8, 4) is 0 Å². The number of carbonyl (C=O) groups excluding carboxylic acids is 3. The van der Waals surface area contributed by atoms with Gasteiger partial charge in [-0.1, -0.05) is 22.0 Å². The van der Waals surface area contributed by atoms with Gasteiger partial charge in [-0.3, -0.25) is 14.4 Å². The van der Waals surface area contributed by atoms with Crippen LogP contribution in [0.25, 0.3) is 0 Å². The molecule has 0 heterocycles. The molecule has 0 radical (unpaired) electrons. The molecule has 7 heteroatoms. The lowest BCUT2D eigenvalue weighted by Crippen LogP contribution is -2.42. The highest BCUT2D eigenvalue weighted by Gasteiger charge is 2.23. The summed E-state index contributed by atoms with van der Waals surface area (Å²) in [6, 6.07) is 7.13. The van der Waals surface area contributed by atoms with Crippen molar-refractivity contribution in [3.05, 3.63) is 34.3 Å². The van der Waals surface area contributed by atoms with Gasteiger partial charge < -0.3 is 16.0 Å². The molecule has 112 valence electrons. The lowest BCUT2D eigenvalue weighted by atomic mass is 10.2. The summed E-state index contributed by atoms with van der Waals surface area (Å²) in [5.41, 5.74) is 0.462. The van der Waals surface area contributed by atoms with Crippen LogP contribution in [0.15, 0.2) is 28.7 Å². The fraction of sp³-hybridized carbons (Fsp3) is 0.357. The van der Waals surface area contributed by atoms with Gasteiger partial charge >= 0.3 is 0 Å². The zero-order valence-corrected chi connectivity index (χ0v) is 12.9. The first-order valence-electron chi connectivity index (χ1n) is 6.64. The molecule has 6 nitrogen and oxygen atoms in total. The lowest BCUT2D eigenvalue weighted by molar-refractivity contribution is -0.125. The van der Waals surface area contributed by atoms with Gasteiger partial charge in [0.05, 0.1) is 13.1 Å². The summed E-state index contributed by atoms with van der Waals surface area (Å²) in [4.78, 5) is 34.7. The minimum absolute atomic E-state index is 0.0674. The second kappa shape index (κ2) is 7.21. The number of halogens is 1. The van der Waals surface area contributed by atoms with Gasteiger partial charge in [-0.15, -0.1) is 0 Å². The molecule has 1 aromatic carbocycles. The molecule has 0 bridgehead atoms. The molecule has 0 atom stereocenters. The topological polar surface area (TPSA) is 87.3 Å². The second-order valence-electron chi connectivity index (χ2n) is 4.81. The Labute approximate surface area is 130 Å². The minimum atomic E-state index is -0.399. The molecule has 1 aliphatic carbocycles. The molecule has 0 spiro atoms. The van der Waals surface area contributed by atoms with E-state index in [1.54, 1.807) is 18.2 Å². The lowest BCUT2D eigenvalue weighted by Gasteiger charge is -2.07. The monoisotopic (exact) mass is 353 g/mol. The third kappa shape index (κ3) is 5.55. The van der Waals surface area contributed by atoms with Crippen LogP contribution in [0.2, 0.25) is 0 Å². The van der Waals surface area contributed by atoms with Crippen molar-refractivity contribution in [3.63, 3.8) is 0 Å². The van der Waals surface area contributed by atoms with Gasteiger partial charge in [0, 0.05) is 16.1 Å². The zero-order valence-electron chi connectivity index (χ0n) is 11.3. The zero-order chi connectivity index (χ0) is 15.2. The van der Waals surface area contributed by atoms with Gasteiger partial charge in [-0.2, -0.15) is 0 Å². The molecule has 2 rings (SSSR count). The van der Waals surface area contributed by atoms with Crippen molar-refractivity contribution < 1.29 is 14.4 Å². The number of rotatable bonds is 6. The fourth-order valence-electron chi connectivity index (χ4n) is 1.64. The van der Waals surface area contributed by atoms with Crippen molar-refractivity contribution in [2.45, 2.75) is 18.9 Å². The average molecular weight is 354 g/mol. The Morgan fingerprint density at radius 3 is 2.48 bits per heavy atom. The SMILES string of the molecule is O=C(CNC(=O)c1cccc(Br)c1)NCC(=O)NC1CC1. The Bertz CT molecular complexity index is 558. The minimum Gasteiger partial charge on any atom is -0.352 e. The molecule has 0 unspecified atom stereocenters. The summed E-state index contributed by atoms with van der Waals surface area (Å²) in [5.74, 6) is -0.942. The van der Waals surface area contributed by atoms with Crippen LogP contribution in [0.1, 0.15) is 23.2 Å². The molecular formula is C14H16BrN3O3. The summed E-state index contributed by atoms with van der Waals surface area (Å²) < 4.78 is 0.788. The normalized spacial score (nSPS) is 13.4. The highest BCUT2D eigenvalue weighted by atomic mass is 79.9. The number of benzene rings is 1. The van der Waals surface area contributed by atoms with Crippen LogP contribution < -0.4 is 16.0 Å². The number of carbonyl (C=O) groups is 3. The van der Waals surface area contributed by atoms with Gasteiger partial charge in [-0.25, -0.2) is 0 Å². The van der Waals surface area contributed by atoms with E-state index in [2.05, 4.69) is 31.9 Å².